The van der Waals surface area contributed by atoms with Crippen molar-refractivity contribution >= 4 is 27.6 Å². The summed E-state index contributed by atoms with van der Waals surface area (Å²) in [6.45, 7) is 0.325. The number of nitrogens with zero attached hydrogens (tertiary/aromatic N) is 3. The lowest BCUT2D eigenvalue weighted by Crippen LogP contribution is -2.26. The summed E-state index contributed by atoms with van der Waals surface area (Å²) in [5.74, 6) is 1.64. The number of methoxy groups -OCH3 is 1. The Kier molecular flexibility index (Phi) is 5.33. The number of esters is 1. The van der Waals surface area contributed by atoms with Gasteiger partial charge in [0.2, 0.25) is 10.3 Å². The van der Waals surface area contributed by atoms with Crippen molar-refractivity contribution in [3.05, 3.63) is 34.8 Å². The monoisotopic (exact) mass is 371 g/mol. The van der Waals surface area contributed by atoms with Crippen molar-refractivity contribution < 1.29 is 22.4 Å². The molecule has 0 unspecified atom stereocenters. The molecule has 0 aliphatic carbocycles. The first-order chi connectivity index (χ1) is 11.3. The van der Waals surface area contributed by atoms with E-state index in [4.69, 9.17) is 22.4 Å². The van der Waals surface area contributed by atoms with E-state index in [-0.39, 0.29) is 23.9 Å². The Labute approximate surface area is 144 Å². The van der Waals surface area contributed by atoms with Gasteiger partial charge in [0, 0.05) is 31.4 Å². The van der Waals surface area contributed by atoms with Gasteiger partial charge in [0.05, 0.1) is 13.3 Å². The number of carbonyl (C=O) groups excluding carboxylic acids is 1. The van der Waals surface area contributed by atoms with Gasteiger partial charge in [-0.15, -0.1) is 6.42 Å². The summed E-state index contributed by atoms with van der Waals surface area (Å²) >= 11 is 5.75. The number of terminal acetylenes is 1. The fourth-order valence-corrected chi connectivity index (χ4v) is 3.23. The molecule has 0 aromatic carbocycles. The van der Waals surface area contributed by atoms with Crippen LogP contribution in [-0.4, -0.2) is 42.6 Å². The van der Waals surface area contributed by atoms with E-state index in [1.807, 2.05) is 0 Å². The van der Waals surface area contributed by atoms with E-state index < -0.39 is 21.1 Å². The second-order valence-corrected chi connectivity index (χ2v) is 7.07. The van der Waals surface area contributed by atoms with Crippen LogP contribution in [0.5, 0.6) is 0 Å². The van der Waals surface area contributed by atoms with Gasteiger partial charge in [0.1, 0.15) is 12.1 Å². The minimum Gasteiger partial charge on any atom is -0.465 e. The standard InChI is InChI=1S/C14H14ClN3O5S/c1-4-5-18-9-10(7-16-18)8-17(2)24(20,21)12-6-11(13(15)23-12)14(19)22-3/h1,6-7,9H,5,8H2,2-3H3. The predicted octanol–water partition coefficient (Wildman–Crippen LogP) is 1.37. The van der Waals surface area contributed by atoms with Crippen LogP contribution in [0.3, 0.4) is 0 Å². The zero-order valence-corrected chi connectivity index (χ0v) is 14.5. The summed E-state index contributed by atoms with van der Waals surface area (Å²) in [7, 11) is -1.47. The van der Waals surface area contributed by atoms with Gasteiger partial charge >= 0.3 is 5.97 Å². The summed E-state index contributed by atoms with van der Waals surface area (Å²) < 4.78 is 37.1. The van der Waals surface area contributed by atoms with Gasteiger partial charge in [0.25, 0.3) is 10.0 Å². The van der Waals surface area contributed by atoms with E-state index in [0.717, 1.165) is 17.5 Å². The molecular formula is C14H14ClN3O5S. The van der Waals surface area contributed by atoms with Crippen LogP contribution < -0.4 is 0 Å². The summed E-state index contributed by atoms with van der Waals surface area (Å²) in [6, 6.07) is 1.03. The molecule has 2 rings (SSSR count). The number of carbonyl (C=O) groups is 1. The average Bonchev–Trinajstić information content (AvgIpc) is 3.14. The first kappa shape index (κ1) is 18.1. The molecule has 128 valence electrons. The molecule has 0 amide bonds. The van der Waals surface area contributed by atoms with Crippen molar-refractivity contribution in [2.45, 2.75) is 18.2 Å². The van der Waals surface area contributed by atoms with Crippen molar-refractivity contribution in [1.82, 2.24) is 14.1 Å². The normalized spacial score (nSPS) is 11.5. The van der Waals surface area contributed by atoms with E-state index in [2.05, 4.69) is 15.8 Å². The minimum absolute atomic E-state index is 0.0405. The van der Waals surface area contributed by atoms with Gasteiger partial charge in [-0.1, -0.05) is 5.92 Å². The second-order valence-electron chi connectivity index (χ2n) is 4.76. The zero-order chi connectivity index (χ0) is 17.9. The molecule has 0 fully saturated rings. The number of ether oxygens (including phenoxy) is 1. The molecule has 2 heterocycles. The molecule has 10 heteroatoms. The highest BCUT2D eigenvalue weighted by atomic mass is 35.5. The van der Waals surface area contributed by atoms with Gasteiger partial charge in [-0.2, -0.15) is 9.40 Å². The van der Waals surface area contributed by atoms with Crippen LogP contribution in [-0.2, 0) is 27.8 Å². The number of furan rings is 1. The van der Waals surface area contributed by atoms with Crippen LogP contribution in [0.25, 0.3) is 0 Å². The second kappa shape index (κ2) is 7.09. The molecule has 0 atom stereocenters. The summed E-state index contributed by atoms with van der Waals surface area (Å²) in [6.07, 6.45) is 8.34. The molecule has 2 aromatic rings. The van der Waals surface area contributed by atoms with Gasteiger partial charge in [-0.25, -0.2) is 13.2 Å². The molecule has 0 aliphatic rings. The molecule has 0 saturated heterocycles. The maximum Gasteiger partial charge on any atom is 0.342 e. The maximum absolute atomic E-state index is 12.5. The van der Waals surface area contributed by atoms with Crippen LogP contribution in [0.15, 0.2) is 28.0 Å². The van der Waals surface area contributed by atoms with Gasteiger partial charge in [0.15, 0.2) is 0 Å². The average molecular weight is 372 g/mol. The number of rotatable bonds is 6. The third-order valence-corrected chi connectivity index (χ3v) is 5.02. The van der Waals surface area contributed by atoms with Crippen LogP contribution in [0.2, 0.25) is 5.22 Å². The summed E-state index contributed by atoms with van der Waals surface area (Å²) in [4.78, 5) is 11.5. The van der Waals surface area contributed by atoms with E-state index in [1.165, 1.54) is 17.9 Å². The SMILES string of the molecule is C#CCn1cc(CN(C)S(=O)(=O)c2cc(C(=O)OC)c(Cl)o2)cn1. The highest BCUT2D eigenvalue weighted by molar-refractivity contribution is 7.88. The fraction of sp³-hybridized carbons (Fsp3) is 0.286. The Morgan fingerprint density at radius 2 is 2.29 bits per heavy atom. The van der Waals surface area contributed by atoms with Crippen LogP contribution in [0.1, 0.15) is 15.9 Å². The van der Waals surface area contributed by atoms with Crippen molar-refractivity contribution in [3.8, 4) is 12.3 Å². The van der Waals surface area contributed by atoms with Crippen molar-refractivity contribution in [2.75, 3.05) is 14.2 Å². The van der Waals surface area contributed by atoms with Gasteiger partial charge in [-0.3, -0.25) is 4.68 Å². The van der Waals surface area contributed by atoms with E-state index >= 15 is 0 Å². The molecule has 0 bridgehead atoms. The molecule has 24 heavy (non-hydrogen) atoms. The summed E-state index contributed by atoms with van der Waals surface area (Å²) in [5, 5.41) is 3.21. The quantitative estimate of drug-likeness (QED) is 0.562. The number of hydrogen-bond donors (Lipinski definition) is 0. The molecular weight excluding hydrogens is 358 g/mol. The number of aromatic nitrogens is 2. The number of hydrogen-bond acceptors (Lipinski definition) is 6. The molecule has 0 radical (unpaired) electrons. The Balaban J connectivity index is 2.22. The zero-order valence-electron chi connectivity index (χ0n) is 12.9. The largest absolute Gasteiger partial charge is 0.465 e. The highest BCUT2D eigenvalue weighted by Crippen LogP contribution is 2.27. The Morgan fingerprint density at radius 3 is 2.92 bits per heavy atom. The highest BCUT2D eigenvalue weighted by Gasteiger charge is 2.29. The van der Waals surface area contributed by atoms with Crippen molar-refractivity contribution in [1.29, 1.82) is 0 Å². The first-order valence-corrected chi connectivity index (χ1v) is 8.40. The number of sulfonamides is 1. The Morgan fingerprint density at radius 1 is 1.58 bits per heavy atom. The molecule has 0 saturated carbocycles. The molecule has 0 spiro atoms. The van der Waals surface area contributed by atoms with E-state index in [0.29, 0.717) is 5.56 Å². The third-order valence-electron chi connectivity index (χ3n) is 3.08. The lowest BCUT2D eigenvalue weighted by atomic mass is 10.3. The van der Waals surface area contributed by atoms with Gasteiger partial charge in [-0.05, 0) is 11.6 Å². The fourth-order valence-electron chi connectivity index (χ4n) is 1.89. The summed E-state index contributed by atoms with van der Waals surface area (Å²) in [5.41, 5.74) is 0.482. The van der Waals surface area contributed by atoms with Gasteiger partial charge < -0.3 is 9.15 Å². The maximum atomic E-state index is 12.5. The Hall–Kier alpha value is -2.28. The van der Waals surface area contributed by atoms with Crippen molar-refractivity contribution in [3.63, 3.8) is 0 Å². The number of halogens is 1. The smallest absolute Gasteiger partial charge is 0.342 e. The predicted molar refractivity (Wildman–Crippen MR) is 84.8 cm³/mol. The Bertz CT molecular complexity index is 894. The molecule has 0 aliphatic heterocycles. The molecule has 2 aromatic heterocycles. The van der Waals surface area contributed by atoms with Crippen LogP contribution in [0.4, 0.5) is 0 Å². The topological polar surface area (TPSA) is 94.6 Å². The molecule has 0 N–H and O–H groups in total. The van der Waals surface area contributed by atoms with E-state index in [1.54, 1.807) is 6.20 Å². The lowest BCUT2D eigenvalue weighted by Gasteiger charge is -2.13. The molecule has 8 nitrogen and oxygen atoms in total. The van der Waals surface area contributed by atoms with Crippen LogP contribution in [0, 0.1) is 12.3 Å². The van der Waals surface area contributed by atoms with Crippen molar-refractivity contribution in [2.24, 2.45) is 0 Å². The third kappa shape index (κ3) is 3.62. The lowest BCUT2D eigenvalue weighted by molar-refractivity contribution is 0.0600. The van der Waals surface area contributed by atoms with Crippen LogP contribution >= 0.6 is 11.6 Å². The first-order valence-electron chi connectivity index (χ1n) is 6.58. The minimum atomic E-state index is -3.99. The van der Waals surface area contributed by atoms with E-state index in [9.17, 15) is 13.2 Å².